The third kappa shape index (κ3) is 2.93. The molecule has 0 aromatic heterocycles. The molecule has 3 heteroatoms. The average Bonchev–Trinajstić information content (AvgIpc) is 2.62. The van der Waals surface area contributed by atoms with E-state index in [1.54, 1.807) is 0 Å². The predicted octanol–water partition coefficient (Wildman–Crippen LogP) is 1.74. The fourth-order valence-corrected chi connectivity index (χ4v) is 2.49. The van der Waals surface area contributed by atoms with Crippen molar-refractivity contribution >= 4 is 0 Å². The molecule has 1 unspecified atom stereocenters. The molecule has 0 aromatic carbocycles. The SMILES string of the molecule is CCC1(CC)CCN(CC(C)(N)C#N)C1. The van der Waals surface area contributed by atoms with Crippen LogP contribution in [0.4, 0.5) is 0 Å². The van der Waals surface area contributed by atoms with Gasteiger partial charge in [0.05, 0.1) is 6.07 Å². The van der Waals surface area contributed by atoms with Crippen molar-refractivity contribution in [1.82, 2.24) is 4.90 Å². The summed E-state index contributed by atoms with van der Waals surface area (Å²) < 4.78 is 0. The molecule has 86 valence electrons. The van der Waals surface area contributed by atoms with E-state index in [4.69, 9.17) is 11.0 Å². The minimum atomic E-state index is -0.697. The first kappa shape index (κ1) is 12.5. The Bertz CT molecular complexity index is 248. The zero-order valence-electron chi connectivity index (χ0n) is 10.2. The summed E-state index contributed by atoms with van der Waals surface area (Å²) >= 11 is 0. The Morgan fingerprint density at radius 3 is 2.47 bits per heavy atom. The smallest absolute Gasteiger partial charge is 0.114 e. The molecule has 0 amide bonds. The molecular weight excluding hydrogens is 186 g/mol. The number of likely N-dealkylation sites (tertiary alicyclic amines) is 1. The van der Waals surface area contributed by atoms with Crippen LogP contribution in [0.15, 0.2) is 0 Å². The van der Waals surface area contributed by atoms with E-state index in [0.717, 1.165) is 13.1 Å². The van der Waals surface area contributed by atoms with Gasteiger partial charge in [-0.1, -0.05) is 13.8 Å². The largest absolute Gasteiger partial charge is 0.313 e. The van der Waals surface area contributed by atoms with Crippen LogP contribution < -0.4 is 5.73 Å². The van der Waals surface area contributed by atoms with Crippen molar-refractivity contribution < 1.29 is 0 Å². The van der Waals surface area contributed by atoms with E-state index in [9.17, 15) is 0 Å². The molecule has 1 fully saturated rings. The summed E-state index contributed by atoms with van der Waals surface area (Å²) in [5.41, 5.74) is 5.65. The van der Waals surface area contributed by atoms with Crippen molar-refractivity contribution in [3.8, 4) is 6.07 Å². The second kappa shape index (κ2) is 4.51. The van der Waals surface area contributed by atoms with Crippen molar-refractivity contribution in [2.45, 2.75) is 45.6 Å². The summed E-state index contributed by atoms with van der Waals surface area (Å²) in [5, 5.41) is 8.90. The van der Waals surface area contributed by atoms with Gasteiger partial charge in [0.2, 0.25) is 0 Å². The van der Waals surface area contributed by atoms with Gasteiger partial charge in [-0.2, -0.15) is 5.26 Å². The van der Waals surface area contributed by atoms with Gasteiger partial charge in [-0.25, -0.2) is 0 Å². The zero-order chi connectivity index (χ0) is 11.5. The molecular formula is C12H23N3. The maximum absolute atomic E-state index is 8.90. The van der Waals surface area contributed by atoms with Crippen LogP contribution in [0.3, 0.4) is 0 Å². The van der Waals surface area contributed by atoms with Crippen LogP contribution >= 0.6 is 0 Å². The lowest BCUT2D eigenvalue weighted by Crippen LogP contribution is -2.46. The zero-order valence-corrected chi connectivity index (χ0v) is 10.2. The summed E-state index contributed by atoms with van der Waals surface area (Å²) in [4.78, 5) is 2.34. The highest BCUT2D eigenvalue weighted by Crippen LogP contribution is 2.37. The Balaban J connectivity index is 2.54. The summed E-state index contributed by atoms with van der Waals surface area (Å²) in [6, 6.07) is 2.17. The van der Waals surface area contributed by atoms with Crippen molar-refractivity contribution in [2.75, 3.05) is 19.6 Å². The quantitative estimate of drug-likeness (QED) is 0.767. The molecule has 0 aromatic rings. The van der Waals surface area contributed by atoms with E-state index in [2.05, 4.69) is 24.8 Å². The highest BCUT2D eigenvalue weighted by molar-refractivity contribution is 5.04. The Kier molecular flexibility index (Phi) is 3.75. The third-order valence-electron chi connectivity index (χ3n) is 3.82. The Morgan fingerprint density at radius 2 is 2.07 bits per heavy atom. The number of hydrogen-bond donors (Lipinski definition) is 1. The summed E-state index contributed by atoms with van der Waals surface area (Å²) in [6.07, 6.45) is 3.71. The van der Waals surface area contributed by atoms with E-state index in [1.807, 2.05) is 6.92 Å². The molecule has 0 saturated carbocycles. The lowest BCUT2D eigenvalue weighted by Gasteiger charge is -2.28. The van der Waals surface area contributed by atoms with Crippen LogP contribution in [-0.4, -0.2) is 30.1 Å². The Hall–Kier alpha value is -0.590. The average molecular weight is 209 g/mol. The molecule has 3 nitrogen and oxygen atoms in total. The molecule has 1 heterocycles. The van der Waals surface area contributed by atoms with Crippen LogP contribution in [0, 0.1) is 16.7 Å². The third-order valence-corrected chi connectivity index (χ3v) is 3.82. The van der Waals surface area contributed by atoms with Crippen LogP contribution in [0.5, 0.6) is 0 Å². The number of hydrogen-bond acceptors (Lipinski definition) is 3. The van der Waals surface area contributed by atoms with Crippen molar-refractivity contribution in [1.29, 1.82) is 5.26 Å². The first-order valence-corrected chi connectivity index (χ1v) is 5.89. The summed E-state index contributed by atoms with van der Waals surface area (Å²) in [5.74, 6) is 0. The van der Waals surface area contributed by atoms with Crippen LogP contribution in [0.1, 0.15) is 40.0 Å². The Morgan fingerprint density at radius 1 is 1.47 bits per heavy atom. The first-order chi connectivity index (χ1) is 6.97. The molecule has 15 heavy (non-hydrogen) atoms. The summed E-state index contributed by atoms with van der Waals surface area (Å²) in [6.45, 7) is 9.23. The molecule has 0 aliphatic carbocycles. The van der Waals surface area contributed by atoms with Gasteiger partial charge >= 0.3 is 0 Å². The number of nitrogens with zero attached hydrogens (tertiary/aromatic N) is 2. The van der Waals surface area contributed by atoms with Gasteiger partial charge < -0.3 is 5.73 Å². The van der Waals surface area contributed by atoms with Crippen LogP contribution in [0.25, 0.3) is 0 Å². The predicted molar refractivity (Wildman–Crippen MR) is 62.3 cm³/mol. The minimum Gasteiger partial charge on any atom is -0.313 e. The van der Waals surface area contributed by atoms with Gasteiger partial charge in [0.25, 0.3) is 0 Å². The van der Waals surface area contributed by atoms with E-state index >= 15 is 0 Å². The lowest BCUT2D eigenvalue weighted by atomic mass is 9.82. The Labute approximate surface area is 93.2 Å². The standard InChI is InChI=1S/C12H23N3/c1-4-12(5-2)6-7-15(10-12)9-11(3,14)8-13/h4-7,9-10,14H2,1-3H3. The molecule has 0 radical (unpaired) electrons. The highest BCUT2D eigenvalue weighted by Gasteiger charge is 2.36. The molecule has 1 saturated heterocycles. The molecule has 1 atom stereocenters. The monoisotopic (exact) mass is 209 g/mol. The minimum absolute atomic E-state index is 0.478. The van der Waals surface area contributed by atoms with Gasteiger partial charge in [0.15, 0.2) is 0 Å². The molecule has 0 spiro atoms. The second-order valence-corrected chi connectivity index (χ2v) is 5.20. The fraction of sp³-hybridized carbons (Fsp3) is 0.917. The van der Waals surface area contributed by atoms with Crippen molar-refractivity contribution in [2.24, 2.45) is 11.1 Å². The van der Waals surface area contributed by atoms with Gasteiger partial charge in [-0.05, 0) is 38.1 Å². The maximum atomic E-state index is 8.90. The van der Waals surface area contributed by atoms with Gasteiger partial charge in [0, 0.05) is 13.1 Å². The number of nitrogens with two attached hydrogens (primary N) is 1. The molecule has 1 rings (SSSR count). The first-order valence-electron chi connectivity index (χ1n) is 5.89. The fourth-order valence-electron chi connectivity index (χ4n) is 2.49. The van der Waals surface area contributed by atoms with E-state index in [0.29, 0.717) is 12.0 Å². The summed E-state index contributed by atoms with van der Waals surface area (Å²) in [7, 11) is 0. The maximum Gasteiger partial charge on any atom is 0.114 e. The highest BCUT2D eigenvalue weighted by atomic mass is 15.2. The van der Waals surface area contributed by atoms with Gasteiger partial charge in [0.1, 0.15) is 5.54 Å². The van der Waals surface area contributed by atoms with Crippen molar-refractivity contribution in [3.63, 3.8) is 0 Å². The van der Waals surface area contributed by atoms with Crippen LogP contribution in [0.2, 0.25) is 0 Å². The number of nitriles is 1. The molecule has 0 bridgehead atoms. The molecule has 1 aliphatic rings. The topological polar surface area (TPSA) is 53.0 Å². The van der Waals surface area contributed by atoms with E-state index < -0.39 is 5.54 Å². The van der Waals surface area contributed by atoms with Gasteiger partial charge in [-0.3, -0.25) is 4.90 Å². The second-order valence-electron chi connectivity index (χ2n) is 5.20. The lowest BCUT2D eigenvalue weighted by molar-refractivity contribution is 0.224. The molecule has 1 aliphatic heterocycles. The number of rotatable bonds is 4. The van der Waals surface area contributed by atoms with Crippen LogP contribution in [-0.2, 0) is 0 Å². The normalized spacial score (nSPS) is 24.7. The van der Waals surface area contributed by atoms with Crippen molar-refractivity contribution in [3.05, 3.63) is 0 Å². The van der Waals surface area contributed by atoms with E-state index in [1.165, 1.54) is 19.3 Å². The molecule has 2 N–H and O–H groups in total. The van der Waals surface area contributed by atoms with E-state index in [-0.39, 0.29) is 0 Å². The van der Waals surface area contributed by atoms with Gasteiger partial charge in [-0.15, -0.1) is 0 Å².